The highest BCUT2D eigenvalue weighted by atomic mass is 32.1. The second kappa shape index (κ2) is 9.57. The third-order valence-corrected chi connectivity index (χ3v) is 6.25. The van der Waals surface area contributed by atoms with Crippen LogP contribution in [0.15, 0.2) is 91.3 Å². The van der Waals surface area contributed by atoms with E-state index in [1.165, 1.54) is 0 Å². The van der Waals surface area contributed by atoms with Crippen LogP contribution in [0.1, 0.15) is 30.4 Å². The van der Waals surface area contributed by atoms with Gasteiger partial charge in [-0.15, -0.1) is 0 Å². The number of nitrogens with zero attached hydrogens (tertiary/aromatic N) is 3. The molecular weight excluding hydrogens is 444 g/mol. The number of rotatable bonds is 7. The summed E-state index contributed by atoms with van der Waals surface area (Å²) in [6, 6.07) is 26.0. The Balaban J connectivity index is 1.62. The van der Waals surface area contributed by atoms with E-state index in [1.807, 2.05) is 73.8 Å². The first-order valence-electron chi connectivity index (χ1n) is 11.2. The Labute approximate surface area is 204 Å². The van der Waals surface area contributed by atoms with E-state index in [-0.39, 0.29) is 12.1 Å². The summed E-state index contributed by atoms with van der Waals surface area (Å²) in [7, 11) is 1.68. The van der Waals surface area contributed by atoms with Crippen LogP contribution in [0.2, 0.25) is 0 Å². The zero-order valence-electron chi connectivity index (χ0n) is 19.1. The zero-order chi connectivity index (χ0) is 23.5. The molecule has 0 aliphatic carbocycles. The van der Waals surface area contributed by atoms with E-state index in [1.54, 1.807) is 7.11 Å². The number of hydrogen-bond acceptors (Lipinski definition) is 4. The number of methoxy groups -OCH3 is 1. The number of benzene rings is 2. The molecule has 34 heavy (non-hydrogen) atoms. The summed E-state index contributed by atoms with van der Waals surface area (Å²) in [6.45, 7) is 2.61. The Morgan fingerprint density at radius 1 is 0.941 bits per heavy atom. The Kier molecular flexibility index (Phi) is 6.18. The summed E-state index contributed by atoms with van der Waals surface area (Å²) in [6.07, 6.45) is 3.88. The molecule has 0 amide bonds. The average Bonchev–Trinajstić information content (AvgIpc) is 3.50. The molecule has 2 atom stereocenters. The molecule has 1 N–H and O–H groups in total. The van der Waals surface area contributed by atoms with Gasteiger partial charge in [-0.2, -0.15) is 0 Å². The largest absolute Gasteiger partial charge is 0.497 e. The van der Waals surface area contributed by atoms with Gasteiger partial charge in [0.1, 0.15) is 17.5 Å². The van der Waals surface area contributed by atoms with E-state index in [4.69, 9.17) is 21.7 Å². The molecule has 1 aliphatic rings. The lowest BCUT2D eigenvalue weighted by molar-refractivity contribution is 0.340. The first kappa shape index (κ1) is 22.0. The average molecular weight is 471 g/mol. The summed E-state index contributed by atoms with van der Waals surface area (Å²) < 4.78 is 13.3. The van der Waals surface area contributed by atoms with Crippen molar-refractivity contribution >= 4 is 23.0 Å². The minimum absolute atomic E-state index is 0.124. The predicted octanol–water partition coefficient (Wildman–Crippen LogP) is 5.46. The fourth-order valence-corrected chi connectivity index (χ4v) is 4.78. The smallest absolute Gasteiger partial charge is 0.174 e. The number of hydrogen-bond donors (Lipinski definition) is 1. The molecule has 0 saturated carbocycles. The Hall–Kier alpha value is -3.84. The molecule has 1 saturated heterocycles. The highest BCUT2D eigenvalue weighted by Crippen LogP contribution is 2.42. The van der Waals surface area contributed by atoms with Crippen molar-refractivity contribution in [2.24, 2.45) is 0 Å². The molecule has 172 valence electrons. The summed E-state index contributed by atoms with van der Waals surface area (Å²) >= 11 is 5.86. The van der Waals surface area contributed by atoms with Crippen LogP contribution in [-0.4, -0.2) is 28.4 Å². The van der Waals surface area contributed by atoms with Crippen molar-refractivity contribution in [1.29, 1.82) is 0 Å². The van der Waals surface area contributed by atoms with Crippen molar-refractivity contribution in [1.82, 2.24) is 14.9 Å². The van der Waals surface area contributed by atoms with Crippen LogP contribution in [0.25, 0.3) is 5.69 Å². The fraction of sp³-hybridized carbons (Fsp3) is 0.185. The molecule has 0 unspecified atom stereocenters. The normalized spacial score (nSPS) is 17.5. The fourth-order valence-electron chi connectivity index (χ4n) is 4.43. The SMILES string of the molecule is CCOc1ccc(N2C(=S)N[C@H](c3ccccn3)[C@H]2c2cccn2-c2cccc(OC)c2)cc1. The van der Waals surface area contributed by atoms with E-state index in [9.17, 15) is 0 Å². The maximum atomic E-state index is 5.86. The molecule has 0 radical (unpaired) electrons. The van der Waals surface area contributed by atoms with E-state index < -0.39 is 0 Å². The molecule has 6 nitrogen and oxygen atoms in total. The van der Waals surface area contributed by atoms with Gasteiger partial charge in [-0.3, -0.25) is 4.98 Å². The molecule has 4 aromatic rings. The predicted molar refractivity (Wildman–Crippen MR) is 138 cm³/mol. The Morgan fingerprint density at radius 3 is 2.53 bits per heavy atom. The van der Waals surface area contributed by atoms with E-state index in [0.29, 0.717) is 11.7 Å². The number of anilines is 1. The molecule has 2 aromatic heterocycles. The topological polar surface area (TPSA) is 51.5 Å². The molecule has 1 aliphatic heterocycles. The van der Waals surface area contributed by atoms with Crippen molar-refractivity contribution in [2.45, 2.75) is 19.0 Å². The summed E-state index contributed by atoms with van der Waals surface area (Å²) in [5.74, 6) is 1.64. The minimum Gasteiger partial charge on any atom is -0.497 e. The van der Waals surface area contributed by atoms with Gasteiger partial charge in [0.25, 0.3) is 0 Å². The number of thiocarbonyl (C=S) groups is 1. The summed E-state index contributed by atoms with van der Waals surface area (Å²) in [5.41, 5.74) is 4.03. The van der Waals surface area contributed by atoms with Gasteiger partial charge < -0.3 is 24.3 Å². The standard InChI is InChI=1S/C27H26N4O2S/c1-3-33-21-14-12-19(13-15-21)31-26(25(29-27(31)34)23-10-4-5-16-28-23)24-11-7-17-30(24)20-8-6-9-22(18-20)32-2/h4-18,25-26H,3H2,1-2H3,(H,29,34)/t25-,26-/m1/s1. The van der Waals surface area contributed by atoms with Crippen LogP contribution in [0.5, 0.6) is 11.5 Å². The molecule has 1 fully saturated rings. The highest BCUT2D eigenvalue weighted by Gasteiger charge is 2.42. The lowest BCUT2D eigenvalue weighted by Crippen LogP contribution is -2.30. The van der Waals surface area contributed by atoms with Crippen LogP contribution < -0.4 is 19.7 Å². The maximum absolute atomic E-state index is 5.86. The van der Waals surface area contributed by atoms with E-state index in [0.717, 1.165) is 34.3 Å². The summed E-state index contributed by atoms with van der Waals surface area (Å²) in [5, 5.41) is 4.18. The number of nitrogens with one attached hydrogen (secondary N) is 1. The monoisotopic (exact) mass is 470 g/mol. The molecule has 0 spiro atoms. The quantitative estimate of drug-likeness (QED) is 0.362. The Morgan fingerprint density at radius 2 is 1.79 bits per heavy atom. The van der Waals surface area contributed by atoms with Crippen molar-refractivity contribution in [2.75, 3.05) is 18.6 Å². The van der Waals surface area contributed by atoms with Gasteiger partial charge in [0.05, 0.1) is 25.5 Å². The van der Waals surface area contributed by atoms with Crippen molar-refractivity contribution in [3.05, 3.63) is 103 Å². The van der Waals surface area contributed by atoms with E-state index >= 15 is 0 Å². The van der Waals surface area contributed by atoms with Crippen LogP contribution >= 0.6 is 12.2 Å². The van der Waals surface area contributed by atoms with Crippen LogP contribution in [0.3, 0.4) is 0 Å². The van der Waals surface area contributed by atoms with Crippen molar-refractivity contribution in [3.8, 4) is 17.2 Å². The van der Waals surface area contributed by atoms with Crippen LogP contribution in [0.4, 0.5) is 5.69 Å². The number of ether oxygens (including phenoxy) is 2. The maximum Gasteiger partial charge on any atom is 0.174 e. The second-order valence-electron chi connectivity index (χ2n) is 7.93. The van der Waals surface area contributed by atoms with Crippen molar-refractivity contribution < 1.29 is 9.47 Å². The summed E-state index contributed by atoms with van der Waals surface area (Å²) in [4.78, 5) is 6.82. The van der Waals surface area contributed by atoms with Crippen LogP contribution in [0, 0.1) is 0 Å². The number of pyridine rings is 1. The van der Waals surface area contributed by atoms with Gasteiger partial charge in [-0.05, 0) is 79.8 Å². The molecule has 0 bridgehead atoms. The van der Waals surface area contributed by atoms with Gasteiger partial charge in [0.15, 0.2) is 5.11 Å². The highest BCUT2D eigenvalue weighted by molar-refractivity contribution is 7.80. The van der Waals surface area contributed by atoms with E-state index in [2.05, 4.69) is 44.2 Å². The third kappa shape index (κ3) is 4.10. The molecule has 5 rings (SSSR count). The first-order chi connectivity index (χ1) is 16.7. The van der Waals surface area contributed by atoms with Gasteiger partial charge in [0, 0.05) is 35.5 Å². The van der Waals surface area contributed by atoms with Gasteiger partial charge in [-0.25, -0.2) is 0 Å². The molecule has 3 heterocycles. The molecule has 2 aromatic carbocycles. The third-order valence-electron chi connectivity index (χ3n) is 5.94. The van der Waals surface area contributed by atoms with Gasteiger partial charge in [0.2, 0.25) is 0 Å². The Bertz CT molecular complexity index is 1270. The van der Waals surface area contributed by atoms with Gasteiger partial charge >= 0.3 is 0 Å². The van der Waals surface area contributed by atoms with Gasteiger partial charge in [-0.1, -0.05) is 12.1 Å². The first-order valence-corrected chi connectivity index (χ1v) is 11.7. The lowest BCUT2D eigenvalue weighted by Gasteiger charge is -2.29. The zero-order valence-corrected chi connectivity index (χ0v) is 19.9. The van der Waals surface area contributed by atoms with Crippen molar-refractivity contribution in [3.63, 3.8) is 0 Å². The lowest BCUT2D eigenvalue weighted by atomic mass is 10.0. The van der Waals surface area contributed by atoms with Crippen LogP contribution in [-0.2, 0) is 0 Å². The molecular formula is C27H26N4O2S. The number of aromatic nitrogens is 2. The molecule has 7 heteroatoms. The second-order valence-corrected chi connectivity index (χ2v) is 8.31. The minimum atomic E-state index is -0.125.